The van der Waals surface area contributed by atoms with E-state index in [0.717, 1.165) is 31.5 Å². The highest BCUT2D eigenvalue weighted by Crippen LogP contribution is 2.40. The maximum Gasteiger partial charge on any atom is 0.00672 e. The van der Waals surface area contributed by atoms with Crippen molar-refractivity contribution in [2.75, 3.05) is 13.1 Å². The fraction of sp³-hybridized carbons (Fsp3) is 1.00. The lowest BCUT2D eigenvalue weighted by Crippen LogP contribution is -2.37. The molecule has 3 N–H and O–H groups in total. The van der Waals surface area contributed by atoms with Crippen molar-refractivity contribution < 1.29 is 0 Å². The molecule has 1 aliphatic carbocycles. The quantitative estimate of drug-likeness (QED) is 0.683. The lowest BCUT2D eigenvalue weighted by atomic mass is 9.69. The summed E-state index contributed by atoms with van der Waals surface area (Å²) in [4.78, 5) is 0. The van der Waals surface area contributed by atoms with Crippen LogP contribution in [0.25, 0.3) is 0 Å². The molecule has 1 fully saturated rings. The average molecular weight is 226 g/mol. The molecule has 1 saturated carbocycles. The van der Waals surface area contributed by atoms with Crippen molar-refractivity contribution in [3.05, 3.63) is 0 Å². The van der Waals surface area contributed by atoms with Crippen molar-refractivity contribution in [2.45, 2.75) is 65.3 Å². The van der Waals surface area contributed by atoms with Gasteiger partial charge in [0.2, 0.25) is 0 Å². The minimum Gasteiger partial charge on any atom is -0.330 e. The number of hydrogen-bond acceptors (Lipinski definition) is 2. The van der Waals surface area contributed by atoms with Crippen LogP contribution in [0.1, 0.15) is 59.3 Å². The van der Waals surface area contributed by atoms with Crippen molar-refractivity contribution in [1.29, 1.82) is 0 Å². The molecule has 2 heteroatoms. The van der Waals surface area contributed by atoms with E-state index in [4.69, 9.17) is 5.73 Å². The summed E-state index contributed by atoms with van der Waals surface area (Å²) in [5.74, 6) is 0.935. The van der Waals surface area contributed by atoms with Crippen molar-refractivity contribution in [3.63, 3.8) is 0 Å². The molecule has 0 unspecified atom stereocenters. The molecule has 0 heterocycles. The van der Waals surface area contributed by atoms with E-state index in [1.807, 2.05) is 0 Å². The molecule has 0 aromatic carbocycles. The Hall–Kier alpha value is -0.0800. The fourth-order valence-electron chi connectivity index (χ4n) is 2.78. The lowest BCUT2D eigenvalue weighted by Gasteiger charge is -2.39. The Morgan fingerprint density at radius 1 is 1.19 bits per heavy atom. The molecule has 96 valence electrons. The number of nitrogens with two attached hydrogens (primary N) is 1. The topological polar surface area (TPSA) is 38.0 Å². The van der Waals surface area contributed by atoms with E-state index >= 15 is 0 Å². The molecular weight excluding hydrogens is 196 g/mol. The van der Waals surface area contributed by atoms with E-state index in [9.17, 15) is 0 Å². The van der Waals surface area contributed by atoms with Crippen LogP contribution in [0.5, 0.6) is 0 Å². The highest BCUT2D eigenvalue weighted by molar-refractivity contribution is 4.84. The monoisotopic (exact) mass is 226 g/mol. The van der Waals surface area contributed by atoms with E-state index < -0.39 is 0 Å². The molecule has 0 spiro atoms. The molecule has 2 nitrogen and oxygen atoms in total. The molecule has 0 aliphatic heterocycles. The van der Waals surface area contributed by atoms with Crippen LogP contribution < -0.4 is 11.1 Å². The first kappa shape index (κ1) is 14.0. The predicted octanol–water partition coefficient (Wildman–Crippen LogP) is 2.92. The highest BCUT2D eigenvalue weighted by Gasteiger charge is 2.31. The third-order valence-electron chi connectivity index (χ3n) is 4.56. The third kappa shape index (κ3) is 4.06. The Balaban J connectivity index is 2.23. The van der Waals surface area contributed by atoms with Gasteiger partial charge in [0.15, 0.2) is 0 Å². The SMILES string of the molecule is CCC(C)(C)C1CCC(NCCCN)CC1. The Labute approximate surface area is 101 Å². The molecule has 1 aliphatic rings. The Bertz CT molecular complexity index is 181. The van der Waals surface area contributed by atoms with Gasteiger partial charge >= 0.3 is 0 Å². The van der Waals surface area contributed by atoms with Crippen LogP contribution in [-0.2, 0) is 0 Å². The molecule has 0 amide bonds. The van der Waals surface area contributed by atoms with Crippen LogP contribution in [0.15, 0.2) is 0 Å². The summed E-state index contributed by atoms with van der Waals surface area (Å²) in [7, 11) is 0. The Morgan fingerprint density at radius 3 is 2.31 bits per heavy atom. The van der Waals surface area contributed by atoms with Gasteiger partial charge in [0, 0.05) is 6.04 Å². The second-order valence-corrected chi connectivity index (χ2v) is 5.99. The van der Waals surface area contributed by atoms with Gasteiger partial charge in [-0.1, -0.05) is 27.2 Å². The van der Waals surface area contributed by atoms with Crippen molar-refractivity contribution in [2.24, 2.45) is 17.1 Å². The largest absolute Gasteiger partial charge is 0.330 e. The van der Waals surface area contributed by atoms with Gasteiger partial charge in [-0.25, -0.2) is 0 Å². The van der Waals surface area contributed by atoms with Gasteiger partial charge in [-0.15, -0.1) is 0 Å². The summed E-state index contributed by atoms with van der Waals surface area (Å²) in [6.07, 6.45) is 7.95. The van der Waals surface area contributed by atoms with E-state index in [1.54, 1.807) is 0 Å². The standard InChI is InChI=1S/C14H30N2/c1-4-14(2,3)12-6-8-13(9-7-12)16-11-5-10-15/h12-13,16H,4-11,15H2,1-3H3. The van der Waals surface area contributed by atoms with Gasteiger partial charge in [-0.3, -0.25) is 0 Å². The molecule has 0 aromatic heterocycles. The average Bonchev–Trinajstić information content (AvgIpc) is 2.30. The van der Waals surface area contributed by atoms with Crippen LogP contribution in [-0.4, -0.2) is 19.1 Å². The van der Waals surface area contributed by atoms with Crippen molar-refractivity contribution >= 4 is 0 Å². The van der Waals surface area contributed by atoms with Crippen LogP contribution >= 0.6 is 0 Å². The Morgan fingerprint density at radius 2 is 1.81 bits per heavy atom. The normalized spacial score (nSPS) is 27.0. The molecule has 0 aromatic rings. The second-order valence-electron chi connectivity index (χ2n) is 5.99. The molecular formula is C14H30N2. The summed E-state index contributed by atoms with van der Waals surface area (Å²) < 4.78 is 0. The molecule has 0 radical (unpaired) electrons. The van der Waals surface area contributed by atoms with Gasteiger partial charge in [-0.05, 0) is 56.5 Å². The third-order valence-corrected chi connectivity index (χ3v) is 4.56. The van der Waals surface area contributed by atoms with Gasteiger partial charge in [0.05, 0.1) is 0 Å². The number of rotatable bonds is 6. The first-order chi connectivity index (χ1) is 7.60. The smallest absolute Gasteiger partial charge is 0.00672 e. The Kier molecular flexibility index (Phi) is 5.77. The minimum absolute atomic E-state index is 0.544. The summed E-state index contributed by atoms with van der Waals surface area (Å²) in [5.41, 5.74) is 6.05. The van der Waals surface area contributed by atoms with Gasteiger partial charge in [0.25, 0.3) is 0 Å². The van der Waals surface area contributed by atoms with Crippen LogP contribution in [0.4, 0.5) is 0 Å². The molecule has 0 bridgehead atoms. The zero-order chi connectivity index (χ0) is 12.0. The van der Waals surface area contributed by atoms with E-state index in [0.29, 0.717) is 5.41 Å². The van der Waals surface area contributed by atoms with Crippen molar-refractivity contribution in [3.8, 4) is 0 Å². The van der Waals surface area contributed by atoms with Crippen LogP contribution in [0.3, 0.4) is 0 Å². The summed E-state index contributed by atoms with van der Waals surface area (Å²) in [5, 5.41) is 3.63. The number of nitrogens with one attached hydrogen (secondary N) is 1. The summed E-state index contributed by atoms with van der Waals surface area (Å²) in [6, 6.07) is 0.760. The van der Waals surface area contributed by atoms with Gasteiger partial charge in [-0.2, -0.15) is 0 Å². The second kappa shape index (κ2) is 6.61. The molecule has 0 saturated heterocycles. The van der Waals surface area contributed by atoms with Gasteiger partial charge < -0.3 is 11.1 Å². The van der Waals surface area contributed by atoms with Gasteiger partial charge in [0.1, 0.15) is 0 Å². The van der Waals surface area contributed by atoms with Crippen LogP contribution in [0, 0.1) is 11.3 Å². The highest BCUT2D eigenvalue weighted by atomic mass is 14.9. The zero-order valence-electron chi connectivity index (χ0n) is 11.4. The molecule has 0 atom stereocenters. The maximum absolute atomic E-state index is 5.50. The molecule has 1 rings (SSSR count). The first-order valence-electron chi connectivity index (χ1n) is 7.03. The van der Waals surface area contributed by atoms with E-state index in [2.05, 4.69) is 26.1 Å². The lowest BCUT2D eigenvalue weighted by molar-refractivity contribution is 0.137. The van der Waals surface area contributed by atoms with E-state index in [1.165, 1.54) is 32.1 Å². The fourth-order valence-corrected chi connectivity index (χ4v) is 2.78. The molecule has 16 heavy (non-hydrogen) atoms. The number of hydrogen-bond donors (Lipinski definition) is 2. The zero-order valence-corrected chi connectivity index (χ0v) is 11.4. The summed E-state index contributed by atoms with van der Waals surface area (Å²) >= 11 is 0. The van der Waals surface area contributed by atoms with Crippen molar-refractivity contribution in [1.82, 2.24) is 5.32 Å². The summed E-state index contributed by atoms with van der Waals surface area (Å²) in [6.45, 7) is 9.10. The van der Waals surface area contributed by atoms with Crippen LogP contribution in [0.2, 0.25) is 0 Å². The minimum atomic E-state index is 0.544. The first-order valence-corrected chi connectivity index (χ1v) is 7.03. The maximum atomic E-state index is 5.50. The van der Waals surface area contributed by atoms with E-state index in [-0.39, 0.29) is 0 Å². The predicted molar refractivity (Wildman–Crippen MR) is 71.5 cm³/mol.